The summed E-state index contributed by atoms with van der Waals surface area (Å²) in [5, 5.41) is 2.94. The van der Waals surface area contributed by atoms with Crippen molar-refractivity contribution in [3.8, 4) is 0 Å². The van der Waals surface area contributed by atoms with Gasteiger partial charge >= 0.3 is 151 Å². The summed E-state index contributed by atoms with van der Waals surface area (Å²) in [7, 11) is 0. The number of aryl methyl sites for hydroxylation is 2. The van der Waals surface area contributed by atoms with Crippen molar-refractivity contribution >= 4 is 20.4 Å². The molecule has 268 valence electrons. The maximum Gasteiger partial charge on any atom is -0.172 e. The molecule has 0 radical (unpaired) electrons. The molecular formula is C48H56Cl2Zr-2. The van der Waals surface area contributed by atoms with Crippen LogP contribution in [0.5, 0.6) is 0 Å². The zero-order valence-electron chi connectivity index (χ0n) is 32.1. The van der Waals surface area contributed by atoms with Crippen molar-refractivity contribution < 1.29 is 49.0 Å². The second-order valence-electron chi connectivity index (χ2n) is 15.5. The molecular weight excluding hydrogens is 739 g/mol. The fourth-order valence-corrected chi connectivity index (χ4v) is 8.74. The van der Waals surface area contributed by atoms with Crippen LogP contribution in [0.15, 0.2) is 108 Å². The molecule has 51 heavy (non-hydrogen) atoms. The smallest absolute Gasteiger partial charge is 0.172 e. The molecule has 3 aliphatic carbocycles. The Morgan fingerprint density at radius 1 is 0.725 bits per heavy atom. The minimum Gasteiger partial charge on any atom is -1.00 e. The largest absolute Gasteiger partial charge is 1.00 e. The van der Waals surface area contributed by atoms with Gasteiger partial charge in [0.25, 0.3) is 0 Å². The van der Waals surface area contributed by atoms with Crippen molar-refractivity contribution in [3.05, 3.63) is 158 Å². The second kappa shape index (κ2) is 19.0. The van der Waals surface area contributed by atoms with Gasteiger partial charge in [0.1, 0.15) is 0 Å². The maximum atomic E-state index is 2.44. The van der Waals surface area contributed by atoms with Crippen LogP contribution in [0.4, 0.5) is 0 Å². The van der Waals surface area contributed by atoms with Gasteiger partial charge in [-0.15, -0.1) is 5.56 Å². The Kier molecular flexibility index (Phi) is 15.9. The first-order valence-corrected chi connectivity index (χ1v) is 19.8. The zero-order valence-corrected chi connectivity index (χ0v) is 36.1. The van der Waals surface area contributed by atoms with E-state index in [-0.39, 0.29) is 35.6 Å². The molecule has 0 saturated carbocycles. The monoisotopic (exact) mass is 792 g/mol. The Morgan fingerprint density at radius 2 is 1.25 bits per heavy atom. The molecule has 0 heterocycles. The molecule has 0 unspecified atom stereocenters. The molecule has 3 aliphatic rings. The van der Waals surface area contributed by atoms with Crippen molar-refractivity contribution in [1.29, 1.82) is 0 Å². The number of benzene rings is 3. The Bertz CT molecular complexity index is 1860. The van der Waals surface area contributed by atoms with Crippen LogP contribution in [0.3, 0.4) is 0 Å². The Morgan fingerprint density at radius 3 is 1.73 bits per heavy atom. The molecule has 0 aliphatic heterocycles. The van der Waals surface area contributed by atoms with Crippen LogP contribution >= 0.6 is 0 Å². The van der Waals surface area contributed by atoms with Gasteiger partial charge in [-0.3, -0.25) is 0 Å². The van der Waals surface area contributed by atoms with E-state index in [0.29, 0.717) is 0 Å². The molecule has 4 aromatic carbocycles. The summed E-state index contributed by atoms with van der Waals surface area (Å²) >= 11 is 1.48. The molecule has 0 atom stereocenters. The minimum atomic E-state index is 0. The average Bonchev–Trinajstić information content (AvgIpc) is 3.82. The third kappa shape index (κ3) is 10.3. The van der Waals surface area contributed by atoms with E-state index in [2.05, 4.69) is 135 Å². The molecule has 3 heteroatoms. The van der Waals surface area contributed by atoms with E-state index in [1.807, 2.05) is 30.3 Å². The fourth-order valence-electron chi connectivity index (χ4n) is 7.92. The quantitative estimate of drug-likeness (QED) is 0.216. The first-order chi connectivity index (χ1) is 23.4. The Hall–Kier alpha value is -2.57. The van der Waals surface area contributed by atoms with E-state index in [4.69, 9.17) is 0 Å². The van der Waals surface area contributed by atoms with Crippen molar-refractivity contribution in [1.82, 2.24) is 0 Å². The number of allylic oxidation sites excluding steroid dienone is 4. The zero-order chi connectivity index (χ0) is 35.2. The number of fused-ring (bicyclic) bond motifs is 4. The molecule has 0 amide bonds. The van der Waals surface area contributed by atoms with E-state index >= 15 is 0 Å². The second-order valence-corrected chi connectivity index (χ2v) is 16.7. The number of hydrogen-bond donors (Lipinski definition) is 0. The van der Waals surface area contributed by atoms with Gasteiger partial charge in [0.05, 0.1) is 0 Å². The number of halogens is 2. The minimum absolute atomic E-state index is 0. The summed E-state index contributed by atoms with van der Waals surface area (Å²) < 4.78 is 1.45. The van der Waals surface area contributed by atoms with Crippen LogP contribution in [0.2, 0.25) is 0 Å². The normalized spacial score (nSPS) is 15.5. The molecule has 0 fully saturated rings. The third-order valence-electron chi connectivity index (χ3n) is 10.2. The van der Waals surface area contributed by atoms with Gasteiger partial charge in [-0.2, -0.15) is 23.4 Å². The van der Waals surface area contributed by atoms with E-state index in [1.54, 1.807) is 5.57 Å². The van der Waals surface area contributed by atoms with E-state index in [9.17, 15) is 0 Å². The van der Waals surface area contributed by atoms with Crippen LogP contribution in [0, 0.1) is 11.8 Å². The van der Waals surface area contributed by atoms with Crippen LogP contribution in [0.25, 0.3) is 17.2 Å². The molecule has 0 saturated heterocycles. The van der Waals surface area contributed by atoms with Gasteiger partial charge in [0.15, 0.2) is 0 Å². The molecule has 0 aromatic heterocycles. The van der Waals surface area contributed by atoms with Gasteiger partial charge in [-0.1, -0.05) is 75.1 Å². The van der Waals surface area contributed by atoms with Crippen molar-refractivity contribution in [2.24, 2.45) is 5.41 Å². The molecule has 0 N–H and O–H groups in total. The van der Waals surface area contributed by atoms with Crippen LogP contribution in [0.1, 0.15) is 121 Å². The van der Waals surface area contributed by atoms with E-state index in [0.717, 1.165) is 6.42 Å². The third-order valence-corrected chi connectivity index (χ3v) is 11.7. The average molecular weight is 795 g/mol. The number of hydrogen-bond acceptors (Lipinski definition) is 0. The van der Waals surface area contributed by atoms with Crippen molar-refractivity contribution in [2.75, 3.05) is 0 Å². The summed E-state index contributed by atoms with van der Waals surface area (Å²) in [6, 6.07) is 33.1. The van der Waals surface area contributed by atoms with Gasteiger partial charge < -0.3 is 24.8 Å². The summed E-state index contributed by atoms with van der Waals surface area (Å²) in [4.78, 5) is 0. The predicted octanol–water partition coefficient (Wildman–Crippen LogP) is 5.18. The van der Waals surface area contributed by atoms with Crippen molar-refractivity contribution in [2.45, 2.75) is 106 Å². The Balaban J connectivity index is 0.000000234. The molecule has 4 aromatic rings. The Labute approximate surface area is 336 Å². The van der Waals surface area contributed by atoms with Crippen molar-refractivity contribution in [3.63, 3.8) is 0 Å². The SMILES string of the molecule is CC1=CC2=C(c3ccc4c(c3=C2)=C(C)[CH-]C4(C)C)C(C)(C)C1.CCCCc1ccc([C](=[Zr+2])c2ccc(CCCC)cc2)cc1.[Cl-].[Cl-].c1cc[cH-]c1. The van der Waals surface area contributed by atoms with Crippen LogP contribution in [-0.2, 0) is 42.5 Å². The summed E-state index contributed by atoms with van der Waals surface area (Å²) in [5.41, 5.74) is 14.9. The van der Waals surface area contributed by atoms with E-state index in [1.165, 1.54) is 127 Å². The van der Waals surface area contributed by atoms with Gasteiger partial charge in [0.2, 0.25) is 0 Å². The van der Waals surface area contributed by atoms with Gasteiger partial charge in [-0.05, 0) is 35.5 Å². The predicted molar refractivity (Wildman–Crippen MR) is 211 cm³/mol. The topological polar surface area (TPSA) is 0 Å². The van der Waals surface area contributed by atoms with Crippen LogP contribution < -0.4 is 35.3 Å². The molecule has 0 spiro atoms. The summed E-state index contributed by atoms with van der Waals surface area (Å²) in [6.45, 7) is 18.5. The van der Waals surface area contributed by atoms with Gasteiger partial charge in [-0.25, -0.2) is 24.1 Å². The molecule has 0 bridgehead atoms. The molecule has 7 rings (SSSR count). The summed E-state index contributed by atoms with van der Waals surface area (Å²) in [5.74, 6) is 0. The van der Waals surface area contributed by atoms with Crippen LogP contribution in [-0.4, -0.2) is 3.21 Å². The van der Waals surface area contributed by atoms with Gasteiger partial charge in [0, 0.05) is 0 Å². The fraction of sp³-hybridized carbons (Fsp3) is 0.354. The molecule has 0 nitrogen and oxygen atoms in total. The standard InChI is InChI=1S/C22H25.C21H26.C5H5.2ClH.Zr/c1-13-9-15-10-17-16(20(15)22(5,6)11-13)7-8-18-19(17)14(2)12-21(18,3)4;1-3-5-7-18-9-13-20(14-10-18)17-21-15-11-19(12-16-21)8-6-4-2;1-2-4-5-3-1;;;/h7-10,12H,11H2,1-6H3;9-16H,3-8H2,1-2H3;1-5H;2*1H;/q-1;;-1;;;+2/p-2. The first kappa shape index (κ1) is 42.8. The first-order valence-electron chi connectivity index (χ1n) is 18.5. The number of unbranched alkanes of at least 4 members (excludes halogenated alkanes) is 2. The summed E-state index contributed by atoms with van der Waals surface area (Å²) in [6.07, 6.45) is 15.9. The number of rotatable bonds is 8. The maximum absolute atomic E-state index is 2.44. The van der Waals surface area contributed by atoms with E-state index < -0.39 is 0 Å².